The quantitative estimate of drug-likeness (QED) is 0.0510. The lowest BCUT2D eigenvalue weighted by Gasteiger charge is -2.56. The maximum Gasteiger partial charge on any atom is 0.308 e. The third-order valence-corrected chi connectivity index (χ3v) is 12.5. The van der Waals surface area contributed by atoms with Crippen LogP contribution in [0.2, 0.25) is 0 Å². The van der Waals surface area contributed by atoms with Crippen molar-refractivity contribution in [1.29, 1.82) is 0 Å². The van der Waals surface area contributed by atoms with Gasteiger partial charge in [-0.05, 0) is 76.4 Å². The Morgan fingerprint density at radius 2 is 0.925 bits per heavy atom. The van der Waals surface area contributed by atoms with Crippen LogP contribution in [0.25, 0.3) is 0 Å². The minimum atomic E-state index is -0.0828. The van der Waals surface area contributed by atoms with Crippen LogP contribution in [0.1, 0.15) is 207 Å². The van der Waals surface area contributed by atoms with Crippen LogP contribution >= 0.6 is 0 Å². The van der Waals surface area contributed by atoms with Gasteiger partial charge < -0.3 is 19.5 Å². The van der Waals surface area contributed by atoms with E-state index in [1.165, 1.54) is 116 Å². The number of aliphatic hydroxyl groups is 1. The first-order chi connectivity index (χ1) is 25.9. The Bertz CT molecular complexity index is 807. The van der Waals surface area contributed by atoms with Gasteiger partial charge in [0.2, 0.25) is 0 Å². The number of aliphatic hydroxyl groups excluding tert-OH is 1. The van der Waals surface area contributed by atoms with Crippen molar-refractivity contribution in [2.24, 2.45) is 17.3 Å². The SMILES string of the molecule is CCCCCCCC(CCCCCCC)C(=O)OCC(COC(=O)C(CCCCCCC)CCCCCCC)N1CC2(CCN(CCCCO)CC2)C1. The molecule has 0 aromatic rings. The third kappa shape index (κ3) is 21.1. The summed E-state index contributed by atoms with van der Waals surface area (Å²) in [6, 6.07) is -0.0828. The number of carbonyl (C=O) groups excluding carboxylic acids is 2. The molecule has 0 aromatic heterocycles. The third-order valence-electron chi connectivity index (χ3n) is 12.5. The van der Waals surface area contributed by atoms with E-state index in [0.717, 1.165) is 96.9 Å². The number of unbranched alkanes of at least 4 members (excludes halogenated alkanes) is 17. The van der Waals surface area contributed by atoms with Crippen LogP contribution in [0.3, 0.4) is 0 Å². The molecule has 2 saturated heterocycles. The van der Waals surface area contributed by atoms with Crippen LogP contribution in [0.4, 0.5) is 0 Å². The molecule has 1 spiro atoms. The highest BCUT2D eigenvalue weighted by Crippen LogP contribution is 2.41. The summed E-state index contributed by atoms with van der Waals surface area (Å²) in [6.45, 7) is 15.2. The lowest BCUT2D eigenvalue weighted by atomic mass is 9.71. The van der Waals surface area contributed by atoms with Gasteiger partial charge in [-0.2, -0.15) is 0 Å². The molecule has 2 rings (SSSR count). The zero-order valence-electron chi connectivity index (χ0n) is 35.7. The number of nitrogens with zero attached hydrogens (tertiary/aromatic N) is 2. The van der Waals surface area contributed by atoms with Crippen molar-refractivity contribution in [3.63, 3.8) is 0 Å². The van der Waals surface area contributed by atoms with E-state index in [2.05, 4.69) is 37.5 Å². The van der Waals surface area contributed by atoms with Crippen LogP contribution in [-0.2, 0) is 19.1 Å². The molecule has 53 heavy (non-hydrogen) atoms. The molecule has 2 fully saturated rings. The number of hydrogen-bond donors (Lipinski definition) is 1. The largest absolute Gasteiger partial charge is 0.464 e. The molecule has 2 aliphatic heterocycles. The van der Waals surface area contributed by atoms with E-state index in [1.54, 1.807) is 0 Å². The van der Waals surface area contributed by atoms with Crippen molar-refractivity contribution in [3.8, 4) is 0 Å². The molecule has 7 heteroatoms. The predicted molar refractivity (Wildman–Crippen MR) is 222 cm³/mol. The summed E-state index contributed by atoms with van der Waals surface area (Å²) in [5.74, 6) is -0.111. The molecule has 312 valence electrons. The minimum Gasteiger partial charge on any atom is -0.464 e. The minimum absolute atomic E-state index is 0.0239. The fourth-order valence-electron chi connectivity index (χ4n) is 8.68. The van der Waals surface area contributed by atoms with Crippen molar-refractivity contribution < 1.29 is 24.2 Å². The standard InChI is InChI=1S/C46H88N2O5/c1-5-9-13-17-21-27-41(28-22-18-14-10-6-2)44(50)52-37-43(48-39-46(40-48)31-34-47(35-32-46)33-25-26-36-49)38-53-45(51)42(29-23-19-15-11-7-3)30-24-20-16-12-8-4/h41-43,49H,5-40H2,1-4H3. The lowest BCUT2D eigenvalue weighted by Crippen LogP contribution is -2.64. The summed E-state index contributed by atoms with van der Waals surface area (Å²) in [7, 11) is 0. The Morgan fingerprint density at radius 3 is 1.28 bits per heavy atom. The van der Waals surface area contributed by atoms with Crippen molar-refractivity contribution in [1.82, 2.24) is 9.80 Å². The maximum atomic E-state index is 13.7. The topological polar surface area (TPSA) is 79.3 Å². The van der Waals surface area contributed by atoms with Crippen LogP contribution < -0.4 is 0 Å². The molecule has 7 nitrogen and oxygen atoms in total. The zero-order valence-corrected chi connectivity index (χ0v) is 35.7. The molecule has 0 unspecified atom stereocenters. The molecule has 0 amide bonds. The Labute approximate surface area is 328 Å². The Hall–Kier alpha value is -1.18. The Kier molecular flexibility index (Phi) is 28.0. The summed E-state index contributed by atoms with van der Waals surface area (Å²) < 4.78 is 12.4. The molecule has 0 aliphatic carbocycles. The van der Waals surface area contributed by atoms with Crippen molar-refractivity contribution in [3.05, 3.63) is 0 Å². The second-order valence-corrected chi connectivity index (χ2v) is 17.3. The number of piperidine rings is 1. The van der Waals surface area contributed by atoms with E-state index < -0.39 is 0 Å². The molecule has 0 aromatic carbocycles. The van der Waals surface area contributed by atoms with Gasteiger partial charge in [0.15, 0.2) is 0 Å². The number of likely N-dealkylation sites (tertiary alicyclic amines) is 2. The second-order valence-electron chi connectivity index (χ2n) is 17.3. The fraction of sp³-hybridized carbons (Fsp3) is 0.957. The van der Waals surface area contributed by atoms with Gasteiger partial charge >= 0.3 is 11.9 Å². The van der Waals surface area contributed by atoms with Gasteiger partial charge in [-0.25, -0.2) is 0 Å². The van der Waals surface area contributed by atoms with E-state index in [9.17, 15) is 14.7 Å². The second kappa shape index (κ2) is 31.0. The maximum absolute atomic E-state index is 13.7. The monoisotopic (exact) mass is 749 g/mol. The van der Waals surface area contributed by atoms with Gasteiger partial charge in [-0.3, -0.25) is 14.5 Å². The zero-order chi connectivity index (χ0) is 38.4. The number of esters is 2. The highest BCUT2D eigenvalue weighted by Gasteiger charge is 2.47. The molecule has 0 atom stereocenters. The lowest BCUT2D eigenvalue weighted by molar-refractivity contribution is -0.161. The van der Waals surface area contributed by atoms with Gasteiger partial charge in [-0.1, -0.05) is 156 Å². The van der Waals surface area contributed by atoms with E-state index in [0.29, 0.717) is 18.6 Å². The first kappa shape index (κ1) is 48.0. The number of rotatable bonds is 35. The van der Waals surface area contributed by atoms with Gasteiger partial charge in [0.25, 0.3) is 0 Å². The molecular formula is C46H88N2O5. The molecule has 2 heterocycles. The van der Waals surface area contributed by atoms with Crippen molar-refractivity contribution in [2.45, 2.75) is 214 Å². The average molecular weight is 749 g/mol. The summed E-state index contributed by atoms with van der Waals surface area (Å²) in [5.41, 5.74) is 0.318. The number of carbonyl (C=O) groups is 2. The smallest absolute Gasteiger partial charge is 0.308 e. The van der Waals surface area contributed by atoms with Gasteiger partial charge in [-0.15, -0.1) is 0 Å². The first-order valence-corrected chi connectivity index (χ1v) is 23.3. The summed E-state index contributed by atoms with van der Waals surface area (Å²) >= 11 is 0. The number of hydrogen-bond acceptors (Lipinski definition) is 7. The van der Waals surface area contributed by atoms with E-state index in [-0.39, 0.29) is 36.4 Å². The van der Waals surface area contributed by atoms with Crippen LogP contribution in [0, 0.1) is 17.3 Å². The van der Waals surface area contributed by atoms with E-state index in [1.807, 2.05) is 0 Å². The molecule has 1 N–H and O–H groups in total. The van der Waals surface area contributed by atoms with E-state index >= 15 is 0 Å². The predicted octanol–water partition coefficient (Wildman–Crippen LogP) is 11.3. The highest BCUT2D eigenvalue weighted by molar-refractivity contribution is 5.73. The Morgan fingerprint density at radius 1 is 0.547 bits per heavy atom. The summed E-state index contributed by atoms with van der Waals surface area (Å²) in [5, 5.41) is 9.20. The van der Waals surface area contributed by atoms with Crippen molar-refractivity contribution in [2.75, 3.05) is 52.5 Å². The molecule has 0 radical (unpaired) electrons. The van der Waals surface area contributed by atoms with Crippen LogP contribution in [-0.4, -0.2) is 85.4 Å². The first-order valence-electron chi connectivity index (χ1n) is 23.3. The van der Waals surface area contributed by atoms with Gasteiger partial charge in [0.05, 0.1) is 17.9 Å². The summed E-state index contributed by atoms with van der Waals surface area (Å²) in [4.78, 5) is 32.4. The molecule has 2 aliphatic rings. The van der Waals surface area contributed by atoms with Gasteiger partial charge in [0, 0.05) is 19.7 Å². The normalized spacial score (nSPS) is 16.2. The molecule has 0 saturated carbocycles. The molecule has 0 bridgehead atoms. The fourth-order valence-corrected chi connectivity index (χ4v) is 8.68. The summed E-state index contributed by atoms with van der Waals surface area (Å²) in [6.07, 6.45) is 32.2. The van der Waals surface area contributed by atoms with Crippen LogP contribution in [0.15, 0.2) is 0 Å². The average Bonchev–Trinajstić information content (AvgIpc) is 3.15. The molecular weight excluding hydrogens is 661 g/mol. The van der Waals surface area contributed by atoms with Gasteiger partial charge in [0.1, 0.15) is 13.2 Å². The highest BCUT2D eigenvalue weighted by atomic mass is 16.5. The van der Waals surface area contributed by atoms with Crippen molar-refractivity contribution >= 4 is 11.9 Å². The van der Waals surface area contributed by atoms with Crippen LogP contribution in [0.5, 0.6) is 0 Å². The number of ether oxygens (including phenoxy) is 2. The van der Waals surface area contributed by atoms with E-state index in [4.69, 9.17) is 9.47 Å². The Balaban J connectivity index is 2.05.